The number of anilines is 4. The molecule has 1 aliphatic carbocycles. The van der Waals surface area contributed by atoms with Crippen LogP contribution in [0.15, 0.2) is 34.9 Å². The summed E-state index contributed by atoms with van der Waals surface area (Å²) in [6.07, 6.45) is 0.273. The summed E-state index contributed by atoms with van der Waals surface area (Å²) >= 11 is 0. The highest BCUT2D eigenvalue weighted by Gasteiger charge is 2.56. The van der Waals surface area contributed by atoms with Crippen molar-refractivity contribution in [1.82, 2.24) is 25.1 Å². The van der Waals surface area contributed by atoms with E-state index >= 15 is 0 Å². The molecular weight excluding hydrogens is 396 g/mol. The van der Waals surface area contributed by atoms with Crippen molar-refractivity contribution in [3.63, 3.8) is 0 Å². The van der Waals surface area contributed by atoms with E-state index in [4.69, 9.17) is 15.0 Å². The van der Waals surface area contributed by atoms with Gasteiger partial charge in [-0.15, -0.1) is 0 Å². The van der Waals surface area contributed by atoms with Gasteiger partial charge < -0.3 is 24.8 Å². The second-order valence-electron chi connectivity index (χ2n) is 8.39. The Kier molecular flexibility index (Phi) is 4.93. The number of para-hydroxylation sites is 1. The van der Waals surface area contributed by atoms with Crippen LogP contribution in [0.3, 0.4) is 0 Å². The molecule has 2 fully saturated rings. The van der Waals surface area contributed by atoms with Gasteiger partial charge in [0.15, 0.2) is 0 Å². The summed E-state index contributed by atoms with van der Waals surface area (Å²) in [7, 11) is 1.87. The molecule has 3 atom stereocenters. The number of hydrogen-bond donors (Lipinski definition) is 1. The lowest BCUT2D eigenvalue weighted by molar-refractivity contribution is 0.0652. The minimum absolute atomic E-state index is 0.101. The molecule has 162 valence electrons. The Morgan fingerprint density at radius 2 is 1.84 bits per heavy atom. The van der Waals surface area contributed by atoms with Gasteiger partial charge >= 0.3 is 6.01 Å². The predicted molar refractivity (Wildman–Crippen MR) is 116 cm³/mol. The zero-order valence-electron chi connectivity index (χ0n) is 17.8. The minimum atomic E-state index is 0.101. The number of nitrogen functional groups attached to an aromatic ring is 1. The Labute approximate surface area is 180 Å². The van der Waals surface area contributed by atoms with Crippen molar-refractivity contribution < 1.29 is 9.26 Å². The van der Waals surface area contributed by atoms with Crippen LogP contribution < -0.4 is 15.5 Å². The van der Waals surface area contributed by atoms with Gasteiger partial charge in [0.25, 0.3) is 0 Å². The van der Waals surface area contributed by atoms with E-state index in [0.717, 1.165) is 25.4 Å². The molecule has 0 radical (unpaired) electrons. The van der Waals surface area contributed by atoms with Crippen LogP contribution >= 0.6 is 0 Å². The van der Waals surface area contributed by atoms with E-state index in [-0.39, 0.29) is 17.9 Å². The molecule has 2 aliphatic rings. The molecular formula is C21H26N8O2. The fraction of sp³-hybridized carbons (Fsp3) is 0.476. The van der Waals surface area contributed by atoms with Crippen LogP contribution in [0.25, 0.3) is 11.6 Å². The van der Waals surface area contributed by atoms with E-state index in [0.29, 0.717) is 35.5 Å². The zero-order valence-corrected chi connectivity index (χ0v) is 17.8. The maximum absolute atomic E-state index is 5.93. The third kappa shape index (κ3) is 3.90. The molecule has 1 saturated heterocycles. The first-order valence-electron chi connectivity index (χ1n) is 10.5. The fourth-order valence-corrected chi connectivity index (χ4v) is 4.19. The monoisotopic (exact) mass is 422 g/mol. The van der Waals surface area contributed by atoms with Crippen LogP contribution in [-0.2, 0) is 4.74 Å². The maximum Gasteiger partial charge on any atom is 0.324 e. The minimum Gasteiger partial charge on any atom is -0.378 e. The first-order chi connectivity index (χ1) is 15.0. The summed E-state index contributed by atoms with van der Waals surface area (Å²) in [6, 6.07) is 10.3. The highest BCUT2D eigenvalue weighted by atomic mass is 16.5. The Balaban J connectivity index is 1.29. The van der Waals surface area contributed by atoms with E-state index in [9.17, 15) is 0 Å². The lowest BCUT2D eigenvalue weighted by Gasteiger charge is -2.17. The standard InChI is InChI=1S/C21H26N8O2/c1-12(2)30-11-16-14-9-29(10-15(14)16)21-25-18(27-31-21)17-23-19(22)26-20(24-17)28(3)13-7-5-4-6-8-13/h4-8,12,14-16H,9-11H2,1-3H3,(H2,22,23,24,26)/t14-,15+,16+. The van der Waals surface area contributed by atoms with Gasteiger partial charge in [-0.2, -0.15) is 19.9 Å². The van der Waals surface area contributed by atoms with Crippen LogP contribution in [0, 0.1) is 17.8 Å². The predicted octanol–water partition coefficient (Wildman–Crippen LogP) is 2.38. The molecule has 5 rings (SSSR count). The van der Waals surface area contributed by atoms with Gasteiger partial charge in [-0.25, -0.2) is 0 Å². The maximum atomic E-state index is 5.93. The summed E-state index contributed by atoms with van der Waals surface area (Å²) in [5.41, 5.74) is 6.86. The molecule has 3 aromatic rings. The number of benzene rings is 1. The molecule has 1 aromatic carbocycles. The fourth-order valence-electron chi connectivity index (χ4n) is 4.19. The third-order valence-corrected chi connectivity index (χ3v) is 5.96. The van der Waals surface area contributed by atoms with Gasteiger partial charge in [0.1, 0.15) is 0 Å². The summed E-state index contributed by atoms with van der Waals surface area (Å²) in [5.74, 6) is 3.00. The number of nitrogens with two attached hydrogens (primary N) is 1. The van der Waals surface area contributed by atoms with Gasteiger partial charge in [0, 0.05) is 25.8 Å². The van der Waals surface area contributed by atoms with Gasteiger partial charge in [-0.05, 0) is 43.7 Å². The van der Waals surface area contributed by atoms with Crippen LogP contribution in [0.4, 0.5) is 23.6 Å². The molecule has 1 saturated carbocycles. The molecule has 0 unspecified atom stereocenters. The van der Waals surface area contributed by atoms with E-state index in [2.05, 4.69) is 43.8 Å². The highest BCUT2D eigenvalue weighted by molar-refractivity contribution is 5.59. The number of aromatic nitrogens is 5. The average molecular weight is 422 g/mol. The van der Waals surface area contributed by atoms with E-state index in [1.165, 1.54) is 0 Å². The number of fused-ring (bicyclic) bond motifs is 1. The number of hydrogen-bond acceptors (Lipinski definition) is 10. The summed E-state index contributed by atoms with van der Waals surface area (Å²) in [6.45, 7) is 6.78. The Morgan fingerprint density at radius 3 is 2.55 bits per heavy atom. The molecule has 10 heteroatoms. The Bertz CT molecular complexity index is 1040. The van der Waals surface area contributed by atoms with Crippen molar-refractivity contribution in [3.05, 3.63) is 30.3 Å². The first-order valence-corrected chi connectivity index (χ1v) is 10.5. The second-order valence-corrected chi connectivity index (χ2v) is 8.39. The van der Waals surface area contributed by atoms with Crippen LogP contribution in [0.1, 0.15) is 13.8 Å². The number of rotatable bonds is 7. The molecule has 2 aromatic heterocycles. The van der Waals surface area contributed by atoms with Crippen molar-refractivity contribution in [2.24, 2.45) is 17.8 Å². The Hall–Kier alpha value is -3.27. The molecule has 0 spiro atoms. The quantitative estimate of drug-likeness (QED) is 0.607. The van der Waals surface area contributed by atoms with Crippen molar-refractivity contribution in [2.45, 2.75) is 20.0 Å². The molecule has 3 heterocycles. The van der Waals surface area contributed by atoms with Gasteiger partial charge in [-0.3, -0.25) is 0 Å². The summed E-state index contributed by atoms with van der Waals surface area (Å²) in [4.78, 5) is 21.4. The zero-order chi connectivity index (χ0) is 21.5. The Morgan fingerprint density at radius 1 is 1.10 bits per heavy atom. The topological polar surface area (TPSA) is 119 Å². The van der Waals surface area contributed by atoms with Gasteiger partial charge in [0.2, 0.25) is 23.5 Å². The normalized spacial score (nSPS) is 22.1. The third-order valence-electron chi connectivity index (χ3n) is 5.96. The van der Waals surface area contributed by atoms with E-state index in [1.54, 1.807) is 0 Å². The number of piperidine rings is 1. The molecule has 10 nitrogen and oxygen atoms in total. The van der Waals surface area contributed by atoms with Crippen molar-refractivity contribution in [1.29, 1.82) is 0 Å². The van der Waals surface area contributed by atoms with Crippen molar-refractivity contribution in [3.8, 4) is 11.6 Å². The number of ether oxygens (including phenoxy) is 1. The molecule has 2 N–H and O–H groups in total. The molecule has 0 bridgehead atoms. The number of nitrogens with zero attached hydrogens (tertiary/aromatic N) is 7. The lowest BCUT2D eigenvalue weighted by Crippen LogP contribution is -2.25. The second kappa shape index (κ2) is 7.77. The largest absolute Gasteiger partial charge is 0.378 e. The smallest absolute Gasteiger partial charge is 0.324 e. The van der Waals surface area contributed by atoms with Crippen molar-refractivity contribution in [2.75, 3.05) is 42.3 Å². The van der Waals surface area contributed by atoms with E-state index < -0.39 is 0 Å². The van der Waals surface area contributed by atoms with Crippen LogP contribution in [-0.4, -0.2) is 57.9 Å². The van der Waals surface area contributed by atoms with Gasteiger partial charge in [0.05, 0.1) is 12.7 Å². The summed E-state index contributed by atoms with van der Waals surface area (Å²) in [5, 5.41) is 4.08. The molecule has 1 aliphatic heterocycles. The SMILES string of the molecule is CC(C)OC[C@@H]1[C@H]2CN(c3nc(-c4nc(N)nc(N(C)c5ccccc5)n4)no3)C[C@@H]12. The highest BCUT2D eigenvalue weighted by Crippen LogP contribution is 2.52. The molecule has 0 amide bonds. The lowest BCUT2D eigenvalue weighted by atomic mass is 10.3. The van der Waals surface area contributed by atoms with Crippen LogP contribution in [0.5, 0.6) is 0 Å². The molecule has 31 heavy (non-hydrogen) atoms. The van der Waals surface area contributed by atoms with Gasteiger partial charge in [-0.1, -0.05) is 23.4 Å². The van der Waals surface area contributed by atoms with E-state index in [1.807, 2.05) is 42.3 Å². The van der Waals surface area contributed by atoms with Crippen molar-refractivity contribution >= 4 is 23.6 Å². The average Bonchev–Trinajstić information content (AvgIpc) is 3.15. The summed E-state index contributed by atoms with van der Waals surface area (Å²) < 4.78 is 11.3. The first kappa shape index (κ1) is 19.7. The van der Waals surface area contributed by atoms with Crippen LogP contribution in [0.2, 0.25) is 0 Å².